The highest BCUT2D eigenvalue weighted by Gasteiger charge is 2.19. The predicted octanol–water partition coefficient (Wildman–Crippen LogP) is 4.78. The maximum atomic E-state index is 10.5. The molecule has 0 heterocycles. The number of allylic oxidation sites excluding steroid dienone is 3. The lowest BCUT2D eigenvalue weighted by molar-refractivity contribution is 0.0985. The van der Waals surface area contributed by atoms with Crippen LogP contribution in [0.25, 0.3) is 0 Å². The molecule has 0 aromatic heterocycles. The molecule has 0 bridgehead atoms. The Morgan fingerprint density at radius 3 is 2.45 bits per heavy atom. The summed E-state index contributed by atoms with van der Waals surface area (Å²) in [4.78, 5) is 0. The van der Waals surface area contributed by atoms with E-state index < -0.39 is 11.2 Å². The van der Waals surface area contributed by atoms with Crippen molar-refractivity contribution in [3.05, 3.63) is 36.0 Å². The Morgan fingerprint density at radius 2 is 1.82 bits per heavy atom. The summed E-state index contributed by atoms with van der Waals surface area (Å²) in [6.45, 7) is 10.3. The van der Waals surface area contributed by atoms with Crippen LogP contribution in [0.2, 0.25) is 0 Å². The van der Waals surface area contributed by atoms with Crippen molar-refractivity contribution in [3.8, 4) is 0 Å². The molecule has 0 amide bonds. The quantitative estimate of drug-likeness (QED) is 0.684. The molecule has 0 fully saturated rings. The number of hydrogen-bond donors (Lipinski definition) is 2. The standard InChI is InChI=1S/C20H34O2/c1-16(2)18-10-9-17(3)8-6-12-19(4,21)13-7-14-20(5,22)15-11-18/h7-8,11,13,15-16,18,21-22H,6,9-10,12,14H2,1-5H3/b13-7+,15-11+,17-8-/t18-,19-,20-/m0/s1. The highest BCUT2D eigenvalue weighted by Crippen LogP contribution is 2.25. The lowest BCUT2D eigenvalue weighted by Crippen LogP contribution is -2.23. The van der Waals surface area contributed by atoms with Crippen LogP contribution in [0.5, 0.6) is 0 Å². The minimum atomic E-state index is -0.852. The van der Waals surface area contributed by atoms with E-state index in [4.69, 9.17) is 0 Å². The van der Waals surface area contributed by atoms with Crippen LogP contribution >= 0.6 is 0 Å². The normalized spacial score (nSPS) is 40.5. The molecule has 0 saturated carbocycles. The molecular formula is C20H34O2. The Balaban J connectivity index is 2.96. The molecule has 0 aromatic rings. The van der Waals surface area contributed by atoms with Crippen molar-refractivity contribution >= 4 is 0 Å². The van der Waals surface area contributed by atoms with Crippen molar-refractivity contribution in [2.24, 2.45) is 11.8 Å². The number of hydrogen-bond acceptors (Lipinski definition) is 2. The van der Waals surface area contributed by atoms with Gasteiger partial charge in [0, 0.05) is 0 Å². The Hall–Kier alpha value is -0.860. The summed E-state index contributed by atoms with van der Waals surface area (Å²) < 4.78 is 0. The second-order valence-corrected chi connectivity index (χ2v) is 7.72. The first-order valence-corrected chi connectivity index (χ1v) is 8.59. The van der Waals surface area contributed by atoms with Gasteiger partial charge in [0.05, 0.1) is 11.2 Å². The van der Waals surface area contributed by atoms with Crippen LogP contribution in [0, 0.1) is 11.8 Å². The molecule has 0 aliphatic heterocycles. The van der Waals surface area contributed by atoms with E-state index in [-0.39, 0.29) is 0 Å². The van der Waals surface area contributed by atoms with Gasteiger partial charge in [-0.1, -0.05) is 49.8 Å². The van der Waals surface area contributed by atoms with E-state index in [9.17, 15) is 10.2 Å². The molecule has 0 spiro atoms. The van der Waals surface area contributed by atoms with Crippen LogP contribution in [0.4, 0.5) is 0 Å². The maximum Gasteiger partial charge on any atom is 0.0834 e. The monoisotopic (exact) mass is 306 g/mol. The fraction of sp³-hybridized carbons (Fsp3) is 0.700. The second kappa shape index (κ2) is 8.12. The fourth-order valence-electron chi connectivity index (χ4n) is 2.79. The van der Waals surface area contributed by atoms with Gasteiger partial charge in [-0.15, -0.1) is 0 Å². The van der Waals surface area contributed by atoms with E-state index in [1.807, 2.05) is 32.1 Å². The maximum absolute atomic E-state index is 10.5. The van der Waals surface area contributed by atoms with Crippen LogP contribution in [-0.2, 0) is 0 Å². The van der Waals surface area contributed by atoms with Crippen molar-refractivity contribution in [1.82, 2.24) is 0 Å². The van der Waals surface area contributed by atoms with Gasteiger partial charge in [-0.05, 0) is 64.7 Å². The smallest absolute Gasteiger partial charge is 0.0834 e. The molecule has 0 radical (unpaired) electrons. The van der Waals surface area contributed by atoms with Gasteiger partial charge >= 0.3 is 0 Å². The third kappa shape index (κ3) is 7.42. The molecule has 3 atom stereocenters. The zero-order valence-electron chi connectivity index (χ0n) is 15.0. The minimum absolute atomic E-state index is 0.491. The molecule has 1 aliphatic carbocycles. The molecule has 22 heavy (non-hydrogen) atoms. The zero-order chi connectivity index (χ0) is 16.8. The summed E-state index contributed by atoms with van der Waals surface area (Å²) in [5, 5.41) is 20.8. The van der Waals surface area contributed by atoms with Gasteiger partial charge in [0.15, 0.2) is 0 Å². The molecule has 0 aromatic carbocycles. The predicted molar refractivity (Wildman–Crippen MR) is 94.7 cm³/mol. The van der Waals surface area contributed by atoms with Gasteiger partial charge in [0.2, 0.25) is 0 Å². The molecular weight excluding hydrogens is 272 g/mol. The number of aliphatic hydroxyl groups is 2. The topological polar surface area (TPSA) is 40.5 Å². The van der Waals surface area contributed by atoms with Crippen LogP contribution in [0.1, 0.15) is 66.7 Å². The molecule has 2 nitrogen and oxygen atoms in total. The van der Waals surface area contributed by atoms with Gasteiger partial charge in [-0.25, -0.2) is 0 Å². The van der Waals surface area contributed by atoms with E-state index in [0.29, 0.717) is 24.7 Å². The first-order valence-electron chi connectivity index (χ1n) is 8.59. The van der Waals surface area contributed by atoms with E-state index in [1.165, 1.54) is 5.57 Å². The molecule has 0 unspecified atom stereocenters. The van der Waals surface area contributed by atoms with Crippen molar-refractivity contribution in [3.63, 3.8) is 0 Å². The summed E-state index contributed by atoms with van der Waals surface area (Å²) >= 11 is 0. The van der Waals surface area contributed by atoms with E-state index in [1.54, 1.807) is 0 Å². The molecule has 126 valence electrons. The summed E-state index contributed by atoms with van der Waals surface area (Å²) in [5.74, 6) is 1.06. The fourth-order valence-corrected chi connectivity index (χ4v) is 2.79. The lowest BCUT2D eigenvalue weighted by atomic mass is 9.86. The van der Waals surface area contributed by atoms with Gasteiger partial charge < -0.3 is 10.2 Å². The first-order chi connectivity index (χ1) is 10.1. The van der Waals surface area contributed by atoms with Crippen molar-refractivity contribution in [2.45, 2.75) is 77.9 Å². The largest absolute Gasteiger partial charge is 0.386 e. The first kappa shape index (κ1) is 19.2. The number of rotatable bonds is 1. The van der Waals surface area contributed by atoms with Crippen LogP contribution in [0.3, 0.4) is 0 Å². The summed E-state index contributed by atoms with van der Waals surface area (Å²) in [6.07, 6.45) is 14.4. The van der Waals surface area contributed by atoms with Crippen molar-refractivity contribution in [1.29, 1.82) is 0 Å². The van der Waals surface area contributed by atoms with E-state index in [0.717, 1.165) is 19.3 Å². The van der Waals surface area contributed by atoms with E-state index in [2.05, 4.69) is 32.9 Å². The highest BCUT2D eigenvalue weighted by atomic mass is 16.3. The van der Waals surface area contributed by atoms with Gasteiger partial charge in [-0.2, -0.15) is 0 Å². The SMILES string of the molecule is C/C1=C/CC[C@](C)(O)/C=C/C[C@](C)(O)/C=C/[C@@H](C(C)C)CC1. The highest BCUT2D eigenvalue weighted by molar-refractivity contribution is 5.09. The minimum Gasteiger partial charge on any atom is -0.386 e. The van der Waals surface area contributed by atoms with Gasteiger partial charge in [0.25, 0.3) is 0 Å². The van der Waals surface area contributed by atoms with E-state index >= 15 is 0 Å². The Bertz CT molecular complexity index is 425. The Kier molecular flexibility index (Phi) is 7.08. The lowest BCUT2D eigenvalue weighted by Gasteiger charge is -2.23. The van der Waals surface area contributed by atoms with Crippen LogP contribution in [0.15, 0.2) is 36.0 Å². The Labute approximate surface area is 136 Å². The zero-order valence-corrected chi connectivity index (χ0v) is 15.0. The summed E-state index contributed by atoms with van der Waals surface area (Å²) in [5.41, 5.74) is -0.266. The molecule has 2 N–H and O–H groups in total. The van der Waals surface area contributed by atoms with Crippen LogP contribution < -0.4 is 0 Å². The molecule has 1 rings (SSSR count). The van der Waals surface area contributed by atoms with Crippen LogP contribution in [-0.4, -0.2) is 21.4 Å². The van der Waals surface area contributed by atoms with Crippen molar-refractivity contribution < 1.29 is 10.2 Å². The third-order valence-corrected chi connectivity index (χ3v) is 4.58. The van der Waals surface area contributed by atoms with Gasteiger partial charge in [0.1, 0.15) is 0 Å². The van der Waals surface area contributed by atoms with Gasteiger partial charge in [-0.3, -0.25) is 0 Å². The average molecular weight is 306 g/mol. The molecule has 1 aliphatic rings. The molecule has 0 saturated heterocycles. The van der Waals surface area contributed by atoms with Crippen molar-refractivity contribution in [2.75, 3.05) is 0 Å². The third-order valence-electron chi connectivity index (χ3n) is 4.58. The summed E-state index contributed by atoms with van der Waals surface area (Å²) in [7, 11) is 0. The Morgan fingerprint density at radius 1 is 1.14 bits per heavy atom. The average Bonchev–Trinajstić information content (AvgIpc) is 2.36. The summed E-state index contributed by atoms with van der Waals surface area (Å²) in [6, 6.07) is 0. The molecule has 2 heteroatoms. The second-order valence-electron chi connectivity index (χ2n) is 7.72.